The Morgan fingerprint density at radius 3 is 1.21 bits per heavy atom. The van der Waals surface area contributed by atoms with Gasteiger partial charge in [-0.25, -0.2) is 4.83 Å². The van der Waals surface area contributed by atoms with E-state index in [1.54, 1.807) is 24.3 Å². The summed E-state index contributed by atoms with van der Waals surface area (Å²) in [7, 11) is -3.76. The summed E-state index contributed by atoms with van der Waals surface area (Å²) in [6.45, 7) is 15.3. The minimum Gasteiger partial charge on any atom is -0.311 e. The number of hydrogen-bond donors (Lipinski definition) is 1. The molecule has 5 nitrogen and oxygen atoms in total. The van der Waals surface area contributed by atoms with E-state index in [4.69, 9.17) is 0 Å². The van der Waals surface area contributed by atoms with Gasteiger partial charge in [-0.3, -0.25) is 0 Å². The zero-order chi connectivity index (χ0) is 37.1. The Bertz CT molecular complexity index is 2140. The molecular formula is C46H47N3O2S. The predicted molar refractivity (Wildman–Crippen MR) is 218 cm³/mol. The molecule has 0 radical (unpaired) electrons. The standard InChI is InChI=1S/C46H47N3O2S/c1-33-8-30-44(31-9-33)52(50,51)48-47-32-34-10-24-41(25-11-34)49(42-26-16-37(17-27-42)35-12-20-39(21-13-35)45(2,3)4)43-28-18-38(19-29-43)36-14-22-40(23-15-36)46(5,6)7/h8-32,48H,1-7H3/b47-32+. The topological polar surface area (TPSA) is 61.8 Å². The van der Waals surface area contributed by atoms with Crippen molar-refractivity contribution in [1.82, 2.24) is 4.83 Å². The van der Waals surface area contributed by atoms with E-state index in [0.29, 0.717) is 0 Å². The molecule has 0 bridgehead atoms. The van der Waals surface area contributed by atoms with Crippen LogP contribution in [0.5, 0.6) is 0 Å². The average Bonchev–Trinajstić information content (AvgIpc) is 3.12. The monoisotopic (exact) mass is 705 g/mol. The van der Waals surface area contributed by atoms with Crippen LogP contribution in [0.4, 0.5) is 17.1 Å². The first-order valence-electron chi connectivity index (χ1n) is 17.6. The lowest BCUT2D eigenvalue weighted by molar-refractivity contribution is 0.584. The molecular weight excluding hydrogens is 659 g/mol. The third-order valence-electron chi connectivity index (χ3n) is 9.29. The third-order valence-corrected chi connectivity index (χ3v) is 10.5. The smallest absolute Gasteiger partial charge is 0.276 e. The van der Waals surface area contributed by atoms with Crippen LogP contribution < -0.4 is 9.73 Å². The van der Waals surface area contributed by atoms with E-state index < -0.39 is 10.0 Å². The second-order valence-corrected chi connectivity index (χ2v) is 17.0. The van der Waals surface area contributed by atoms with Gasteiger partial charge in [0.1, 0.15) is 0 Å². The Kier molecular flexibility index (Phi) is 10.2. The summed E-state index contributed by atoms with van der Waals surface area (Å²) >= 11 is 0. The fraction of sp³-hybridized carbons (Fsp3) is 0.196. The van der Waals surface area contributed by atoms with Gasteiger partial charge in [-0.1, -0.05) is 144 Å². The van der Waals surface area contributed by atoms with Crippen molar-refractivity contribution in [2.45, 2.75) is 64.2 Å². The molecule has 0 fully saturated rings. The van der Waals surface area contributed by atoms with Crippen molar-refractivity contribution in [2.24, 2.45) is 5.10 Å². The lowest BCUT2D eigenvalue weighted by Crippen LogP contribution is -2.18. The molecule has 0 saturated heterocycles. The molecule has 0 unspecified atom stereocenters. The molecule has 6 aromatic rings. The fourth-order valence-electron chi connectivity index (χ4n) is 6.03. The fourth-order valence-corrected chi connectivity index (χ4v) is 6.82. The highest BCUT2D eigenvalue weighted by Gasteiger charge is 2.17. The van der Waals surface area contributed by atoms with Gasteiger partial charge in [-0.05, 0) is 105 Å². The average molecular weight is 706 g/mol. The van der Waals surface area contributed by atoms with Crippen molar-refractivity contribution in [3.05, 3.63) is 168 Å². The van der Waals surface area contributed by atoms with E-state index in [1.165, 1.54) is 28.5 Å². The predicted octanol–water partition coefficient (Wildman–Crippen LogP) is 11.7. The van der Waals surface area contributed by atoms with Crippen LogP contribution in [-0.4, -0.2) is 14.6 Å². The number of aryl methyl sites for hydroxylation is 1. The summed E-state index contributed by atoms with van der Waals surface area (Å²) in [5, 5.41) is 4.04. The molecule has 0 heterocycles. The van der Waals surface area contributed by atoms with Crippen molar-refractivity contribution in [3.63, 3.8) is 0 Å². The number of benzene rings is 6. The summed E-state index contributed by atoms with van der Waals surface area (Å²) in [6.07, 6.45) is 1.51. The Labute approximate surface area is 309 Å². The normalized spacial score (nSPS) is 12.2. The first-order valence-corrected chi connectivity index (χ1v) is 19.1. The van der Waals surface area contributed by atoms with E-state index in [1.807, 2.05) is 31.2 Å². The van der Waals surface area contributed by atoms with Crippen LogP contribution in [0.1, 0.15) is 63.8 Å². The van der Waals surface area contributed by atoms with Gasteiger partial charge in [-0.15, -0.1) is 0 Å². The molecule has 6 rings (SSSR count). The van der Waals surface area contributed by atoms with Crippen molar-refractivity contribution in [1.29, 1.82) is 0 Å². The lowest BCUT2D eigenvalue weighted by atomic mass is 9.86. The van der Waals surface area contributed by atoms with Gasteiger partial charge in [0.25, 0.3) is 10.0 Å². The number of anilines is 3. The lowest BCUT2D eigenvalue weighted by Gasteiger charge is -2.26. The second kappa shape index (κ2) is 14.6. The summed E-state index contributed by atoms with van der Waals surface area (Å²) in [4.78, 5) is 4.71. The molecule has 264 valence electrons. The van der Waals surface area contributed by atoms with Crippen molar-refractivity contribution < 1.29 is 8.42 Å². The van der Waals surface area contributed by atoms with Gasteiger partial charge < -0.3 is 4.90 Å². The molecule has 0 spiro atoms. The van der Waals surface area contributed by atoms with E-state index in [2.05, 4.69) is 153 Å². The zero-order valence-corrected chi connectivity index (χ0v) is 31.9. The van der Waals surface area contributed by atoms with E-state index in [9.17, 15) is 8.42 Å². The molecule has 6 aromatic carbocycles. The molecule has 1 N–H and O–H groups in total. The van der Waals surface area contributed by atoms with Crippen LogP contribution in [0.3, 0.4) is 0 Å². The summed E-state index contributed by atoms with van der Waals surface area (Å²) in [5.74, 6) is 0. The van der Waals surface area contributed by atoms with E-state index >= 15 is 0 Å². The maximum atomic E-state index is 12.7. The van der Waals surface area contributed by atoms with Crippen molar-refractivity contribution in [2.75, 3.05) is 4.90 Å². The first-order chi connectivity index (χ1) is 24.7. The quantitative estimate of drug-likeness (QED) is 0.120. The molecule has 52 heavy (non-hydrogen) atoms. The molecule has 0 amide bonds. The number of nitrogens with zero attached hydrogens (tertiary/aromatic N) is 2. The van der Waals surface area contributed by atoms with Crippen LogP contribution in [0.2, 0.25) is 0 Å². The maximum absolute atomic E-state index is 12.7. The molecule has 0 saturated carbocycles. The van der Waals surface area contributed by atoms with Crippen LogP contribution in [0.15, 0.2) is 156 Å². The second-order valence-electron chi connectivity index (χ2n) is 15.3. The van der Waals surface area contributed by atoms with Crippen LogP contribution in [0.25, 0.3) is 22.3 Å². The third kappa shape index (κ3) is 8.52. The molecule has 0 atom stereocenters. The Hall–Kier alpha value is -5.46. The highest BCUT2D eigenvalue weighted by Crippen LogP contribution is 2.37. The van der Waals surface area contributed by atoms with Gasteiger partial charge in [0.15, 0.2) is 0 Å². The first kappa shape index (κ1) is 36.3. The number of sulfonamides is 1. The van der Waals surface area contributed by atoms with Gasteiger partial charge in [0.05, 0.1) is 11.1 Å². The SMILES string of the molecule is Cc1ccc(S(=O)(=O)N/N=C/c2ccc(N(c3ccc(-c4ccc(C(C)(C)C)cc4)cc3)c3ccc(-c4ccc(C(C)(C)C)cc4)cc3)cc2)cc1. The summed E-state index contributed by atoms with van der Waals surface area (Å²) in [5.41, 5.74) is 12.2. The van der Waals surface area contributed by atoms with Gasteiger partial charge in [-0.2, -0.15) is 13.5 Å². The molecule has 6 heteroatoms. The highest BCUT2D eigenvalue weighted by atomic mass is 32.2. The van der Waals surface area contributed by atoms with Crippen LogP contribution in [0, 0.1) is 6.92 Å². The number of hydrogen-bond acceptors (Lipinski definition) is 4. The van der Waals surface area contributed by atoms with Crippen LogP contribution >= 0.6 is 0 Å². The van der Waals surface area contributed by atoms with Crippen molar-refractivity contribution in [3.8, 4) is 22.3 Å². The Balaban J connectivity index is 1.28. The Morgan fingerprint density at radius 2 is 0.846 bits per heavy atom. The molecule has 0 aliphatic heterocycles. The Morgan fingerprint density at radius 1 is 0.500 bits per heavy atom. The molecule has 0 aliphatic rings. The zero-order valence-electron chi connectivity index (χ0n) is 31.1. The number of nitrogens with one attached hydrogen (secondary N) is 1. The minimum atomic E-state index is -3.76. The number of rotatable bonds is 9. The van der Waals surface area contributed by atoms with Gasteiger partial charge in [0, 0.05) is 17.1 Å². The van der Waals surface area contributed by atoms with Crippen LogP contribution in [-0.2, 0) is 20.9 Å². The largest absolute Gasteiger partial charge is 0.311 e. The number of hydrazone groups is 1. The summed E-state index contributed by atoms with van der Waals surface area (Å²) < 4.78 is 25.4. The van der Waals surface area contributed by atoms with Crippen molar-refractivity contribution >= 4 is 33.3 Å². The molecule has 0 aromatic heterocycles. The van der Waals surface area contributed by atoms with E-state index in [0.717, 1.165) is 39.3 Å². The van der Waals surface area contributed by atoms with Gasteiger partial charge in [0.2, 0.25) is 0 Å². The van der Waals surface area contributed by atoms with Gasteiger partial charge >= 0.3 is 0 Å². The highest BCUT2D eigenvalue weighted by molar-refractivity contribution is 7.89. The minimum absolute atomic E-state index is 0.103. The summed E-state index contributed by atoms with van der Waals surface area (Å²) in [6, 6.07) is 49.5. The van der Waals surface area contributed by atoms with E-state index in [-0.39, 0.29) is 15.7 Å². The molecule has 0 aliphatic carbocycles. The maximum Gasteiger partial charge on any atom is 0.276 e.